The topological polar surface area (TPSA) is 114 Å². The first-order chi connectivity index (χ1) is 15.6. The number of carboxylic acids is 1. The Bertz CT molecular complexity index is 939. The minimum atomic E-state index is -5.08. The summed E-state index contributed by atoms with van der Waals surface area (Å²) in [6.07, 6.45) is -1.07. The van der Waals surface area contributed by atoms with Gasteiger partial charge in [-0.2, -0.15) is 18.3 Å². The molecule has 0 bridgehead atoms. The number of rotatable bonds is 6. The number of alkyl halides is 3. The average Bonchev–Trinajstić information content (AvgIpc) is 3.49. The number of fused-ring (bicyclic) bond motifs is 1. The Morgan fingerprint density at radius 2 is 2.00 bits per heavy atom. The van der Waals surface area contributed by atoms with Crippen molar-refractivity contribution in [3.8, 4) is 0 Å². The lowest BCUT2D eigenvalue weighted by Gasteiger charge is -2.33. The second kappa shape index (κ2) is 10.8. The number of likely N-dealkylation sites (tertiary alicyclic amines) is 1. The summed E-state index contributed by atoms with van der Waals surface area (Å²) in [5.41, 5.74) is 2.08. The fourth-order valence-electron chi connectivity index (χ4n) is 3.77. The van der Waals surface area contributed by atoms with Crippen LogP contribution in [0.4, 0.5) is 13.2 Å². The molecule has 2 aliphatic heterocycles. The van der Waals surface area contributed by atoms with Crippen molar-refractivity contribution in [1.29, 1.82) is 0 Å². The molecule has 1 saturated heterocycles. The SMILES string of the molecule is Cc1cc(CN2Cc3ccnn3C(COCC(=O)N3CCCC3)C2)no1.O=C(O)C(F)(F)F. The highest BCUT2D eigenvalue weighted by Crippen LogP contribution is 2.22. The molecule has 1 unspecified atom stereocenters. The molecule has 0 aliphatic carbocycles. The van der Waals surface area contributed by atoms with Crippen molar-refractivity contribution in [2.45, 2.75) is 45.1 Å². The van der Waals surface area contributed by atoms with Gasteiger partial charge in [-0.25, -0.2) is 4.79 Å². The predicted octanol–water partition coefficient (Wildman–Crippen LogP) is 2.01. The van der Waals surface area contributed by atoms with Crippen LogP contribution in [0.3, 0.4) is 0 Å². The Kier molecular flexibility index (Phi) is 8.08. The lowest BCUT2D eigenvalue weighted by atomic mass is 10.2. The van der Waals surface area contributed by atoms with Gasteiger partial charge >= 0.3 is 12.1 Å². The number of hydrogen-bond donors (Lipinski definition) is 1. The summed E-state index contributed by atoms with van der Waals surface area (Å²) in [4.78, 5) is 25.2. The molecular weight excluding hydrogens is 447 g/mol. The monoisotopic (exact) mass is 473 g/mol. The molecule has 33 heavy (non-hydrogen) atoms. The molecule has 1 atom stereocenters. The van der Waals surface area contributed by atoms with Crippen LogP contribution in [0, 0.1) is 6.92 Å². The summed E-state index contributed by atoms with van der Waals surface area (Å²) in [5, 5.41) is 15.7. The molecule has 0 aromatic carbocycles. The van der Waals surface area contributed by atoms with Crippen molar-refractivity contribution in [2.75, 3.05) is 32.8 Å². The van der Waals surface area contributed by atoms with Crippen LogP contribution in [-0.2, 0) is 27.4 Å². The standard InChI is InChI=1S/C18H25N5O3.C2HF3O2/c1-14-8-15(20-26-14)9-21-10-16-4-5-19-23(16)17(11-21)12-25-13-18(24)22-6-2-3-7-22;3-2(4,5)1(6)7/h4-5,8,17H,2-3,6-7,9-13H2,1H3;(H,6,7). The number of ether oxygens (including phenoxy) is 1. The quantitative estimate of drug-likeness (QED) is 0.678. The van der Waals surface area contributed by atoms with Gasteiger partial charge in [0.15, 0.2) is 0 Å². The summed E-state index contributed by atoms with van der Waals surface area (Å²) in [5.74, 6) is -1.84. The van der Waals surface area contributed by atoms with Gasteiger partial charge in [0.25, 0.3) is 0 Å². The first kappa shape index (κ1) is 24.7. The smallest absolute Gasteiger partial charge is 0.475 e. The summed E-state index contributed by atoms with van der Waals surface area (Å²) < 4.78 is 44.7. The van der Waals surface area contributed by atoms with Crippen molar-refractivity contribution in [3.63, 3.8) is 0 Å². The number of aliphatic carboxylic acids is 1. The van der Waals surface area contributed by atoms with Crippen molar-refractivity contribution in [1.82, 2.24) is 24.7 Å². The summed E-state index contributed by atoms with van der Waals surface area (Å²) in [7, 11) is 0. The van der Waals surface area contributed by atoms with E-state index in [0.717, 1.165) is 62.7 Å². The van der Waals surface area contributed by atoms with Crippen molar-refractivity contribution >= 4 is 11.9 Å². The second-order valence-corrected chi connectivity index (χ2v) is 7.93. The molecule has 182 valence electrons. The molecular formula is C20H26F3N5O5. The van der Waals surface area contributed by atoms with Crippen LogP contribution in [-0.4, -0.2) is 80.7 Å². The Labute approximate surface area is 187 Å². The normalized spacial score (nSPS) is 18.5. The number of nitrogens with zero attached hydrogens (tertiary/aromatic N) is 5. The fraction of sp³-hybridized carbons (Fsp3) is 0.600. The maximum atomic E-state index is 12.1. The zero-order valence-corrected chi connectivity index (χ0v) is 18.1. The van der Waals surface area contributed by atoms with E-state index in [1.807, 2.05) is 34.8 Å². The van der Waals surface area contributed by atoms with Gasteiger partial charge < -0.3 is 19.3 Å². The first-order valence-corrected chi connectivity index (χ1v) is 10.5. The maximum Gasteiger partial charge on any atom is 0.490 e. The number of halogens is 3. The number of amides is 1. The van der Waals surface area contributed by atoms with Crippen LogP contribution < -0.4 is 0 Å². The summed E-state index contributed by atoms with van der Waals surface area (Å²) in [6, 6.07) is 4.09. The van der Waals surface area contributed by atoms with E-state index in [0.29, 0.717) is 6.61 Å². The molecule has 4 heterocycles. The van der Waals surface area contributed by atoms with Gasteiger partial charge in [-0.05, 0) is 25.8 Å². The molecule has 13 heteroatoms. The molecule has 1 amide bonds. The average molecular weight is 473 g/mol. The van der Waals surface area contributed by atoms with E-state index in [2.05, 4.69) is 15.2 Å². The largest absolute Gasteiger partial charge is 0.490 e. The van der Waals surface area contributed by atoms with E-state index in [9.17, 15) is 18.0 Å². The predicted molar refractivity (Wildman–Crippen MR) is 107 cm³/mol. The molecule has 0 saturated carbocycles. The first-order valence-electron chi connectivity index (χ1n) is 10.5. The third kappa shape index (κ3) is 7.02. The van der Waals surface area contributed by atoms with Gasteiger partial charge in [-0.1, -0.05) is 5.16 Å². The van der Waals surface area contributed by atoms with Crippen LogP contribution in [0.5, 0.6) is 0 Å². The number of aromatic nitrogens is 3. The highest BCUT2D eigenvalue weighted by Gasteiger charge is 2.38. The van der Waals surface area contributed by atoms with Gasteiger partial charge in [0.1, 0.15) is 12.4 Å². The Morgan fingerprint density at radius 3 is 2.61 bits per heavy atom. The molecule has 0 radical (unpaired) electrons. The summed E-state index contributed by atoms with van der Waals surface area (Å²) in [6.45, 7) is 6.59. The number of hydrogen-bond acceptors (Lipinski definition) is 7. The van der Waals surface area contributed by atoms with Crippen molar-refractivity contribution in [3.05, 3.63) is 35.5 Å². The minimum Gasteiger partial charge on any atom is -0.475 e. The third-order valence-corrected chi connectivity index (χ3v) is 5.25. The molecule has 0 spiro atoms. The van der Waals surface area contributed by atoms with E-state index in [4.69, 9.17) is 19.2 Å². The fourth-order valence-corrected chi connectivity index (χ4v) is 3.77. The Morgan fingerprint density at radius 1 is 1.30 bits per heavy atom. The van der Waals surface area contributed by atoms with Crippen molar-refractivity contribution in [2.24, 2.45) is 0 Å². The van der Waals surface area contributed by atoms with Crippen LogP contribution in [0.15, 0.2) is 22.9 Å². The van der Waals surface area contributed by atoms with Gasteiger partial charge in [-0.3, -0.25) is 14.4 Å². The lowest BCUT2D eigenvalue weighted by Crippen LogP contribution is -2.40. The van der Waals surface area contributed by atoms with Gasteiger partial charge in [-0.15, -0.1) is 0 Å². The maximum absolute atomic E-state index is 12.1. The minimum absolute atomic E-state index is 0.0909. The van der Waals surface area contributed by atoms with E-state index in [1.165, 1.54) is 0 Å². The molecule has 4 rings (SSSR count). The van der Waals surface area contributed by atoms with Crippen molar-refractivity contribution < 1.29 is 37.1 Å². The van der Waals surface area contributed by atoms with Gasteiger partial charge in [0.2, 0.25) is 5.91 Å². The van der Waals surface area contributed by atoms with E-state index < -0.39 is 12.1 Å². The van der Waals surface area contributed by atoms with Gasteiger partial charge in [0.05, 0.1) is 24.0 Å². The molecule has 2 aromatic rings. The Balaban J connectivity index is 0.000000383. The highest BCUT2D eigenvalue weighted by molar-refractivity contribution is 5.77. The highest BCUT2D eigenvalue weighted by atomic mass is 19.4. The number of carboxylic acid groups (broad SMARTS) is 1. The number of carbonyl (C=O) groups excluding carboxylic acids is 1. The van der Waals surface area contributed by atoms with Crippen LogP contribution in [0.2, 0.25) is 0 Å². The number of aryl methyl sites for hydroxylation is 1. The van der Waals surface area contributed by atoms with Crippen LogP contribution >= 0.6 is 0 Å². The Hall–Kier alpha value is -2.93. The molecule has 2 aromatic heterocycles. The molecule has 2 aliphatic rings. The third-order valence-electron chi connectivity index (χ3n) is 5.25. The molecule has 1 N–H and O–H groups in total. The lowest BCUT2D eigenvalue weighted by molar-refractivity contribution is -0.192. The second-order valence-electron chi connectivity index (χ2n) is 7.93. The van der Waals surface area contributed by atoms with Crippen LogP contribution in [0.25, 0.3) is 0 Å². The van der Waals surface area contributed by atoms with E-state index in [-0.39, 0.29) is 18.6 Å². The van der Waals surface area contributed by atoms with Gasteiger partial charge in [0, 0.05) is 45.0 Å². The van der Waals surface area contributed by atoms with E-state index >= 15 is 0 Å². The summed E-state index contributed by atoms with van der Waals surface area (Å²) >= 11 is 0. The van der Waals surface area contributed by atoms with E-state index in [1.54, 1.807) is 0 Å². The molecule has 10 nitrogen and oxygen atoms in total. The number of carbonyl (C=O) groups is 2. The zero-order valence-electron chi connectivity index (χ0n) is 18.1. The van der Waals surface area contributed by atoms with Crippen LogP contribution in [0.1, 0.15) is 36.0 Å². The zero-order chi connectivity index (χ0) is 24.0. The molecule has 1 fully saturated rings.